The Bertz CT molecular complexity index is 514. The van der Waals surface area contributed by atoms with Gasteiger partial charge < -0.3 is 14.7 Å². The van der Waals surface area contributed by atoms with Gasteiger partial charge in [-0.2, -0.15) is 0 Å². The zero-order valence-corrected chi connectivity index (χ0v) is 11.7. The lowest BCUT2D eigenvalue weighted by atomic mass is 9.91. The fourth-order valence-electron chi connectivity index (χ4n) is 2.77. The third kappa shape index (κ3) is 2.67. The number of carbonyl (C=O) groups excluding carboxylic acids is 1. The molecule has 1 aromatic carbocycles. The summed E-state index contributed by atoms with van der Waals surface area (Å²) in [5, 5.41) is 9.39. The molecule has 0 unspecified atom stereocenters. The number of rotatable bonds is 5. The zero-order valence-electron chi connectivity index (χ0n) is 11.7. The first kappa shape index (κ1) is 14.5. The highest BCUT2D eigenvalue weighted by Crippen LogP contribution is 2.39. The first-order valence-electron chi connectivity index (χ1n) is 6.63. The summed E-state index contributed by atoms with van der Waals surface area (Å²) in [5.74, 6) is -1.74. The van der Waals surface area contributed by atoms with Gasteiger partial charge in [0.1, 0.15) is 0 Å². The molecule has 0 aliphatic carbocycles. The van der Waals surface area contributed by atoms with Gasteiger partial charge in [0, 0.05) is 20.1 Å². The maximum absolute atomic E-state index is 12.1. The van der Waals surface area contributed by atoms with E-state index in [1.807, 2.05) is 31.2 Å². The monoisotopic (exact) mass is 277 g/mol. The molecule has 1 aromatic rings. The third-order valence-corrected chi connectivity index (χ3v) is 3.79. The largest absolute Gasteiger partial charge is 0.481 e. The highest BCUT2D eigenvalue weighted by molar-refractivity contribution is 5.87. The lowest BCUT2D eigenvalue weighted by Gasteiger charge is -2.28. The number of aryl methyl sites for hydroxylation is 1. The molecule has 0 saturated carbocycles. The van der Waals surface area contributed by atoms with E-state index in [2.05, 4.69) is 0 Å². The smallest absolute Gasteiger partial charge is 0.309 e. The molecule has 1 amide bonds. The second-order valence-electron chi connectivity index (χ2n) is 5.03. The molecule has 1 N–H and O–H groups in total. The van der Waals surface area contributed by atoms with Gasteiger partial charge in [-0.3, -0.25) is 9.59 Å². The predicted octanol–water partition coefficient (Wildman–Crippen LogP) is 1.62. The summed E-state index contributed by atoms with van der Waals surface area (Å²) in [6.07, 6.45) is 0.0536. The summed E-state index contributed by atoms with van der Waals surface area (Å²) in [7, 11) is 1.57. The van der Waals surface area contributed by atoms with Gasteiger partial charge in [-0.25, -0.2) is 0 Å². The number of nitrogens with zero attached hydrogens (tertiary/aromatic N) is 1. The summed E-state index contributed by atoms with van der Waals surface area (Å²) in [4.78, 5) is 25.2. The Kier molecular flexibility index (Phi) is 4.39. The number of likely N-dealkylation sites (tertiary alicyclic amines) is 1. The van der Waals surface area contributed by atoms with Crippen LogP contribution in [0.25, 0.3) is 0 Å². The Balaban J connectivity index is 2.38. The van der Waals surface area contributed by atoms with E-state index in [0.717, 1.165) is 11.1 Å². The molecule has 20 heavy (non-hydrogen) atoms. The molecule has 2 atom stereocenters. The van der Waals surface area contributed by atoms with Crippen LogP contribution in [0.15, 0.2) is 24.3 Å². The van der Waals surface area contributed by atoms with E-state index in [1.54, 1.807) is 12.0 Å². The number of hydrogen-bond donors (Lipinski definition) is 1. The predicted molar refractivity (Wildman–Crippen MR) is 73.3 cm³/mol. The van der Waals surface area contributed by atoms with Crippen molar-refractivity contribution in [2.24, 2.45) is 5.92 Å². The van der Waals surface area contributed by atoms with E-state index in [0.29, 0.717) is 13.2 Å². The minimum absolute atomic E-state index is 0.0536. The Morgan fingerprint density at radius 1 is 1.45 bits per heavy atom. The van der Waals surface area contributed by atoms with Crippen molar-refractivity contribution in [1.29, 1.82) is 0 Å². The molecule has 0 radical (unpaired) electrons. The Labute approximate surface area is 118 Å². The number of carboxylic acid groups (broad SMARTS) is 1. The number of methoxy groups -OCH3 is 1. The number of amides is 1. The van der Waals surface area contributed by atoms with Crippen LogP contribution in [0, 0.1) is 12.8 Å². The number of benzene rings is 1. The molecule has 0 spiro atoms. The van der Waals surface area contributed by atoms with Gasteiger partial charge in [-0.1, -0.05) is 24.3 Å². The Morgan fingerprint density at radius 2 is 2.15 bits per heavy atom. The van der Waals surface area contributed by atoms with E-state index in [4.69, 9.17) is 4.74 Å². The van der Waals surface area contributed by atoms with Crippen LogP contribution in [-0.4, -0.2) is 42.1 Å². The molecule has 1 fully saturated rings. The SMILES string of the molecule is COCCN1C(=O)C[C@@H](C(=O)O)[C@@H]1c1ccccc1C. The fraction of sp³-hybridized carbons (Fsp3) is 0.467. The molecule has 5 nitrogen and oxygen atoms in total. The molecule has 5 heteroatoms. The summed E-state index contributed by atoms with van der Waals surface area (Å²) in [6.45, 7) is 2.75. The minimum atomic E-state index is -0.925. The van der Waals surface area contributed by atoms with E-state index >= 15 is 0 Å². The molecule has 0 aromatic heterocycles. The van der Waals surface area contributed by atoms with Crippen LogP contribution in [0.2, 0.25) is 0 Å². The van der Waals surface area contributed by atoms with Crippen molar-refractivity contribution in [1.82, 2.24) is 4.90 Å². The van der Waals surface area contributed by atoms with Crippen LogP contribution >= 0.6 is 0 Å². The first-order chi connectivity index (χ1) is 9.56. The third-order valence-electron chi connectivity index (χ3n) is 3.79. The van der Waals surface area contributed by atoms with Gasteiger partial charge in [0.05, 0.1) is 18.6 Å². The quantitative estimate of drug-likeness (QED) is 0.888. The maximum Gasteiger partial charge on any atom is 0.309 e. The van der Waals surface area contributed by atoms with Gasteiger partial charge >= 0.3 is 5.97 Å². The zero-order chi connectivity index (χ0) is 14.7. The molecule has 1 aliphatic heterocycles. The van der Waals surface area contributed by atoms with E-state index in [1.165, 1.54) is 0 Å². The summed E-state index contributed by atoms with van der Waals surface area (Å²) in [6, 6.07) is 7.21. The van der Waals surface area contributed by atoms with Crippen molar-refractivity contribution >= 4 is 11.9 Å². The van der Waals surface area contributed by atoms with Crippen molar-refractivity contribution in [3.8, 4) is 0 Å². The van der Waals surface area contributed by atoms with Crippen molar-refractivity contribution in [3.63, 3.8) is 0 Å². The van der Waals surface area contributed by atoms with Crippen molar-refractivity contribution < 1.29 is 19.4 Å². The van der Waals surface area contributed by atoms with E-state index in [9.17, 15) is 14.7 Å². The average molecular weight is 277 g/mol. The number of aliphatic carboxylic acids is 1. The molecule has 2 rings (SSSR count). The second kappa shape index (κ2) is 6.05. The summed E-state index contributed by atoms with van der Waals surface area (Å²) in [5.41, 5.74) is 1.91. The summed E-state index contributed by atoms with van der Waals surface area (Å²) >= 11 is 0. The van der Waals surface area contributed by atoms with Crippen LogP contribution in [0.4, 0.5) is 0 Å². The summed E-state index contributed by atoms with van der Waals surface area (Å²) < 4.78 is 5.02. The van der Waals surface area contributed by atoms with Crippen LogP contribution in [0.1, 0.15) is 23.6 Å². The van der Waals surface area contributed by atoms with E-state index in [-0.39, 0.29) is 12.3 Å². The first-order valence-corrected chi connectivity index (χ1v) is 6.63. The molecule has 0 bridgehead atoms. The number of carboxylic acids is 1. The maximum atomic E-state index is 12.1. The normalized spacial score (nSPS) is 22.3. The van der Waals surface area contributed by atoms with Crippen LogP contribution in [0.5, 0.6) is 0 Å². The van der Waals surface area contributed by atoms with Gasteiger partial charge in [0.15, 0.2) is 0 Å². The van der Waals surface area contributed by atoms with Gasteiger partial charge in [0.2, 0.25) is 5.91 Å². The van der Waals surface area contributed by atoms with E-state index < -0.39 is 17.9 Å². The standard InChI is InChI=1S/C15H19NO4/c1-10-5-3-4-6-11(10)14-12(15(18)19)9-13(17)16(14)7-8-20-2/h3-6,12,14H,7-9H2,1-2H3,(H,18,19)/t12-,14+/m1/s1. The lowest BCUT2D eigenvalue weighted by Crippen LogP contribution is -2.33. The van der Waals surface area contributed by atoms with Crippen LogP contribution < -0.4 is 0 Å². The molecular formula is C15H19NO4. The average Bonchev–Trinajstić information content (AvgIpc) is 2.74. The van der Waals surface area contributed by atoms with Crippen LogP contribution in [0.3, 0.4) is 0 Å². The topological polar surface area (TPSA) is 66.8 Å². The van der Waals surface area contributed by atoms with Crippen LogP contribution in [-0.2, 0) is 14.3 Å². The minimum Gasteiger partial charge on any atom is -0.481 e. The lowest BCUT2D eigenvalue weighted by molar-refractivity contribution is -0.142. The fourth-order valence-corrected chi connectivity index (χ4v) is 2.77. The molecular weight excluding hydrogens is 258 g/mol. The van der Waals surface area contributed by atoms with Crippen molar-refractivity contribution in [2.45, 2.75) is 19.4 Å². The van der Waals surface area contributed by atoms with Crippen molar-refractivity contribution in [3.05, 3.63) is 35.4 Å². The molecule has 1 heterocycles. The van der Waals surface area contributed by atoms with Gasteiger partial charge in [-0.15, -0.1) is 0 Å². The highest BCUT2D eigenvalue weighted by atomic mass is 16.5. The number of hydrogen-bond acceptors (Lipinski definition) is 3. The number of ether oxygens (including phenoxy) is 1. The highest BCUT2D eigenvalue weighted by Gasteiger charge is 2.44. The molecule has 1 saturated heterocycles. The molecule has 108 valence electrons. The number of carbonyl (C=O) groups is 2. The van der Waals surface area contributed by atoms with Gasteiger partial charge in [-0.05, 0) is 18.1 Å². The Hall–Kier alpha value is -1.88. The van der Waals surface area contributed by atoms with Gasteiger partial charge in [0.25, 0.3) is 0 Å². The Morgan fingerprint density at radius 3 is 2.75 bits per heavy atom. The second-order valence-corrected chi connectivity index (χ2v) is 5.03. The van der Waals surface area contributed by atoms with Crippen molar-refractivity contribution in [2.75, 3.05) is 20.3 Å². The molecule has 1 aliphatic rings.